The number of hydrogen-bond acceptors (Lipinski definition) is 1. The number of hydrogen-bond donors (Lipinski definition) is 0. The summed E-state index contributed by atoms with van der Waals surface area (Å²) in [5.74, 6) is 0. The standard InChI is InChI=1S/C6H9F3N.Y/c7-6(8,9)5-10-3-1-2-4-10;/h1H,2-5H2;/q-1;. The van der Waals surface area contributed by atoms with Crippen LogP contribution < -0.4 is 0 Å². The van der Waals surface area contributed by atoms with Crippen LogP contribution in [0.3, 0.4) is 0 Å². The fraction of sp³-hybridized carbons (Fsp3) is 0.833. The maximum absolute atomic E-state index is 11.7. The molecule has 1 aliphatic heterocycles. The van der Waals surface area contributed by atoms with E-state index in [1.54, 1.807) is 0 Å². The molecule has 1 rings (SSSR count). The maximum Gasteiger partial charge on any atom is 0.401 e. The predicted octanol–water partition coefficient (Wildman–Crippen LogP) is 1.46. The van der Waals surface area contributed by atoms with Crippen LogP contribution in [0.15, 0.2) is 0 Å². The minimum Gasteiger partial charge on any atom is -0.327 e. The molecule has 0 spiro atoms. The summed E-state index contributed by atoms with van der Waals surface area (Å²) >= 11 is 0. The van der Waals surface area contributed by atoms with Crippen molar-refractivity contribution in [1.82, 2.24) is 4.90 Å². The van der Waals surface area contributed by atoms with E-state index in [1.165, 1.54) is 4.90 Å². The second-order valence-electron chi connectivity index (χ2n) is 2.43. The summed E-state index contributed by atoms with van der Waals surface area (Å²) < 4.78 is 35.0. The molecule has 0 N–H and O–H groups in total. The van der Waals surface area contributed by atoms with Crippen LogP contribution in [0.2, 0.25) is 0 Å². The SMILES string of the molecule is FC(F)(F)CN1C[CH-]CC1.[Y]. The second kappa shape index (κ2) is 4.78. The van der Waals surface area contributed by atoms with E-state index >= 15 is 0 Å². The molecule has 0 aromatic heterocycles. The summed E-state index contributed by atoms with van der Waals surface area (Å²) in [7, 11) is 0. The Kier molecular flexibility index (Phi) is 5.15. The molecule has 1 fully saturated rings. The molecule has 5 heteroatoms. The van der Waals surface area contributed by atoms with Crippen molar-refractivity contribution in [3.05, 3.63) is 6.42 Å². The van der Waals surface area contributed by atoms with Gasteiger partial charge in [-0.1, -0.05) is 0 Å². The van der Waals surface area contributed by atoms with Crippen molar-refractivity contribution in [2.75, 3.05) is 19.6 Å². The van der Waals surface area contributed by atoms with Crippen molar-refractivity contribution in [3.63, 3.8) is 0 Å². The van der Waals surface area contributed by atoms with E-state index in [1.807, 2.05) is 6.42 Å². The van der Waals surface area contributed by atoms with Gasteiger partial charge in [0.1, 0.15) is 0 Å². The van der Waals surface area contributed by atoms with E-state index in [0.717, 1.165) is 6.42 Å². The van der Waals surface area contributed by atoms with Gasteiger partial charge in [-0.15, -0.1) is 6.54 Å². The van der Waals surface area contributed by atoms with Gasteiger partial charge in [-0.05, 0) is 6.54 Å². The molecule has 0 amide bonds. The van der Waals surface area contributed by atoms with Crippen LogP contribution in [0.1, 0.15) is 6.42 Å². The fourth-order valence-electron chi connectivity index (χ4n) is 1.04. The van der Waals surface area contributed by atoms with Crippen molar-refractivity contribution >= 4 is 0 Å². The molecule has 63 valence electrons. The van der Waals surface area contributed by atoms with Gasteiger partial charge in [-0.3, -0.25) is 0 Å². The first-order chi connectivity index (χ1) is 4.58. The molecule has 1 aliphatic rings. The van der Waals surface area contributed by atoms with Crippen LogP contribution in [0, 0.1) is 6.42 Å². The predicted molar refractivity (Wildman–Crippen MR) is 31.4 cm³/mol. The molecule has 0 atom stereocenters. The number of likely N-dealkylation sites (tertiary alicyclic amines) is 1. The Bertz CT molecular complexity index is 109. The van der Waals surface area contributed by atoms with Gasteiger partial charge in [0, 0.05) is 32.7 Å². The van der Waals surface area contributed by atoms with Crippen molar-refractivity contribution in [2.45, 2.75) is 12.6 Å². The quantitative estimate of drug-likeness (QED) is 0.628. The van der Waals surface area contributed by atoms with Gasteiger partial charge in [0.15, 0.2) is 0 Å². The average Bonchev–Trinajstić information content (AvgIpc) is 2.12. The zero-order chi connectivity index (χ0) is 7.61. The Morgan fingerprint density at radius 3 is 2.36 bits per heavy atom. The summed E-state index contributed by atoms with van der Waals surface area (Å²) in [5, 5.41) is 0. The smallest absolute Gasteiger partial charge is 0.327 e. The summed E-state index contributed by atoms with van der Waals surface area (Å²) in [6.07, 6.45) is -1.37. The molecule has 1 saturated heterocycles. The zero-order valence-electron chi connectivity index (χ0n) is 6.06. The van der Waals surface area contributed by atoms with E-state index in [9.17, 15) is 13.2 Å². The Morgan fingerprint density at radius 2 is 2.00 bits per heavy atom. The van der Waals surface area contributed by atoms with E-state index < -0.39 is 12.7 Å². The monoisotopic (exact) mass is 241 g/mol. The normalized spacial score (nSPS) is 19.9. The van der Waals surface area contributed by atoms with Crippen molar-refractivity contribution in [2.24, 2.45) is 0 Å². The van der Waals surface area contributed by atoms with Gasteiger partial charge in [0.25, 0.3) is 0 Å². The molecule has 11 heavy (non-hydrogen) atoms. The maximum atomic E-state index is 11.7. The van der Waals surface area contributed by atoms with Crippen LogP contribution >= 0.6 is 0 Å². The molecular weight excluding hydrogens is 232 g/mol. The van der Waals surface area contributed by atoms with Crippen LogP contribution in [0.25, 0.3) is 0 Å². The zero-order valence-corrected chi connectivity index (χ0v) is 8.90. The summed E-state index contributed by atoms with van der Waals surface area (Å²) in [4.78, 5) is 1.39. The average molecular weight is 241 g/mol. The third kappa shape index (κ3) is 5.15. The number of halogens is 3. The molecule has 0 unspecified atom stereocenters. The molecule has 0 aromatic rings. The Hall–Kier alpha value is 0.854. The van der Waals surface area contributed by atoms with E-state index in [-0.39, 0.29) is 32.7 Å². The summed E-state index contributed by atoms with van der Waals surface area (Å²) in [5.41, 5.74) is 0. The number of alkyl halides is 3. The Morgan fingerprint density at radius 1 is 1.36 bits per heavy atom. The van der Waals surface area contributed by atoms with E-state index in [4.69, 9.17) is 0 Å². The Balaban J connectivity index is 0.000001000. The van der Waals surface area contributed by atoms with Crippen molar-refractivity contribution in [1.29, 1.82) is 0 Å². The molecular formula is C6H9F3NY-. The molecule has 1 radical (unpaired) electrons. The first-order valence-electron chi connectivity index (χ1n) is 3.19. The molecule has 1 heterocycles. The van der Waals surface area contributed by atoms with Gasteiger partial charge >= 0.3 is 6.18 Å². The van der Waals surface area contributed by atoms with E-state index in [0.29, 0.717) is 13.1 Å². The first kappa shape index (κ1) is 11.9. The van der Waals surface area contributed by atoms with Crippen LogP contribution in [0.4, 0.5) is 13.2 Å². The van der Waals surface area contributed by atoms with Crippen molar-refractivity contribution < 1.29 is 45.9 Å². The minimum absolute atomic E-state index is 0. The Labute approximate surface area is 89.2 Å². The molecule has 1 nitrogen and oxygen atoms in total. The topological polar surface area (TPSA) is 3.24 Å². The number of rotatable bonds is 1. The minimum atomic E-state index is -4.03. The van der Waals surface area contributed by atoms with Crippen molar-refractivity contribution in [3.8, 4) is 0 Å². The summed E-state index contributed by atoms with van der Waals surface area (Å²) in [6, 6.07) is 0. The van der Waals surface area contributed by atoms with E-state index in [2.05, 4.69) is 0 Å². The molecule has 0 bridgehead atoms. The fourth-order valence-corrected chi connectivity index (χ4v) is 1.04. The van der Waals surface area contributed by atoms with Gasteiger partial charge in [0.05, 0.1) is 6.54 Å². The molecule has 0 saturated carbocycles. The van der Waals surface area contributed by atoms with Gasteiger partial charge in [-0.2, -0.15) is 19.6 Å². The molecule has 0 aliphatic carbocycles. The van der Waals surface area contributed by atoms with Gasteiger partial charge < -0.3 is 11.3 Å². The third-order valence-corrected chi connectivity index (χ3v) is 1.44. The van der Waals surface area contributed by atoms with Crippen LogP contribution in [-0.4, -0.2) is 30.7 Å². The van der Waals surface area contributed by atoms with Crippen LogP contribution in [0.5, 0.6) is 0 Å². The van der Waals surface area contributed by atoms with Crippen LogP contribution in [-0.2, 0) is 32.7 Å². The molecule has 0 aromatic carbocycles. The van der Waals surface area contributed by atoms with Gasteiger partial charge in [0.2, 0.25) is 0 Å². The first-order valence-corrected chi connectivity index (χ1v) is 3.19. The van der Waals surface area contributed by atoms with Gasteiger partial charge in [-0.25, -0.2) is 0 Å². The summed E-state index contributed by atoms with van der Waals surface area (Å²) in [6.45, 7) is 0.280. The number of nitrogens with zero attached hydrogens (tertiary/aromatic N) is 1. The second-order valence-corrected chi connectivity index (χ2v) is 2.43. The third-order valence-electron chi connectivity index (χ3n) is 1.44. The largest absolute Gasteiger partial charge is 0.401 e.